The monoisotopic (exact) mass is 337 g/mol. The van der Waals surface area contributed by atoms with Crippen molar-refractivity contribution in [3.05, 3.63) is 76.0 Å². The average Bonchev–Trinajstić information content (AvgIpc) is 2.57. The minimum absolute atomic E-state index is 0.142. The van der Waals surface area contributed by atoms with Crippen LogP contribution >= 0.6 is 0 Å². The van der Waals surface area contributed by atoms with E-state index < -0.39 is 22.8 Å². The summed E-state index contributed by atoms with van der Waals surface area (Å²) in [6, 6.07) is 11.6. The number of benzene rings is 3. The molecule has 1 aliphatic carbocycles. The van der Waals surface area contributed by atoms with Crippen LogP contribution in [-0.4, -0.2) is 0 Å². The molecule has 2 aromatic carbocycles. The maximum Gasteiger partial charge on any atom is 0.217 e. The highest BCUT2D eigenvalue weighted by molar-refractivity contribution is 6.02. The third-order valence-electron chi connectivity index (χ3n) is 4.24. The molecule has 2 aliphatic rings. The Bertz CT molecular complexity index is 1160. The van der Waals surface area contributed by atoms with Gasteiger partial charge in [0.1, 0.15) is 17.2 Å². The van der Waals surface area contributed by atoms with Gasteiger partial charge in [-0.2, -0.15) is 0 Å². The van der Waals surface area contributed by atoms with Crippen LogP contribution in [-0.2, 0) is 0 Å². The van der Waals surface area contributed by atoms with Crippen LogP contribution < -0.4 is 10.5 Å². The van der Waals surface area contributed by atoms with Gasteiger partial charge in [0, 0.05) is 22.6 Å². The topological polar surface area (TPSA) is 53.3 Å². The number of halogens is 2. The van der Waals surface area contributed by atoms with Crippen LogP contribution in [0, 0.1) is 18.6 Å². The molecule has 0 N–H and O–H groups in total. The summed E-state index contributed by atoms with van der Waals surface area (Å²) in [4.78, 5) is 11.6. The number of hydrogen-bond acceptors (Lipinski definition) is 3. The smallest absolute Gasteiger partial charge is 0.217 e. The van der Waals surface area contributed by atoms with Crippen molar-refractivity contribution >= 4 is 11.0 Å². The molecule has 0 saturated carbocycles. The van der Waals surface area contributed by atoms with E-state index in [9.17, 15) is 18.7 Å². The van der Waals surface area contributed by atoms with Gasteiger partial charge < -0.3 is 9.52 Å². The van der Waals surface area contributed by atoms with Crippen LogP contribution in [0.25, 0.3) is 33.4 Å². The van der Waals surface area contributed by atoms with Crippen LogP contribution in [0.15, 0.2) is 57.7 Å². The summed E-state index contributed by atoms with van der Waals surface area (Å²) in [5, 5.41) is 12.0. The Balaban J connectivity index is 2.27. The minimum atomic E-state index is -0.919. The summed E-state index contributed by atoms with van der Waals surface area (Å²) < 4.78 is 33.4. The van der Waals surface area contributed by atoms with Crippen molar-refractivity contribution in [3.8, 4) is 28.2 Å². The lowest BCUT2D eigenvalue weighted by molar-refractivity contribution is -0.272. The summed E-state index contributed by atoms with van der Waals surface area (Å²) in [5.41, 5.74) is 1.82. The summed E-state index contributed by atoms with van der Waals surface area (Å²) in [5.74, 6) is -2.51. The molecule has 1 aliphatic heterocycles. The summed E-state index contributed by atoms with van der Waals surface area (Å²) in [6.45, 7) is 1.87. The Morgan fingerprint density at radius 2 is 1.72 bits per heavy atom. The second-order valence-corrected chi connectivity index (χ2v) is 5.85. The van der Waals surface area contributed by atoms with Crippen molar-refractivity contribution in [2.75, 3.05) is 0 Å². The molecule has 0 fully saturated rings. The molecule has 0 radical (unpaired) electrons. The SMILES string of the molecule is Cc1ccccc1-c1c2cc(F)c(=O)cc-2oc2cc([O-])c(F)cc12. The van der Waals surface area contributed by atoms with Crippen molar-refractivity contribution in [2.24, 2.45) is 0 Å². The number of rotatable bonds is 1. The predicted molar refractivity (Wildman–Crippen MR) is 88.6 cm³/mol. The average molecular weight is 337 g/mol. The van der Waals surface area contributed by atoms with E-state index in [0.29, 0.717) is 16.5 Å². The van der Waals surface area contributed by atoms with E-state index in [2.05, 4.69) is 0 Å². The maximum absolute atomic E-state index is 13.9. The fraction of sp³-hybridized carbons (Fsp3) is 0.0500. The van der Waals surface area contributed by atoms with Gasteiger partial charge in [-0.3, -0.25) is 4.79 Å². The molecule has 0 spiro atoms. The molecule has 2 aromatic rings. The van der Waals surface area contributed by atoms with Gasteiger partial charge >= 0.3 is 0 Å². The Morgan fingerprint density at radius 3 is 2.48 bits per heavy atom. The van der Waals surface area contributed by atoms with E-state index in [1.807, 2.05) is 25.1 Å². The first-order valence-corrected chi connectivity index (χ1v) is 7.58. The highest BCUT2D eigenvalue weighted by atomic mass is 19.1. The van der Waals surface area contributed by atoms with E-state index in [4.69, 9.17) is 4.42 Å². The summed E-state index contributed by atoms with van der Waals surface area (Å²) in [7, 11) is 0. The Morgan fingerprint density at radius 1 is 0.960 bits per heavy atom. The standard InChI is InChI=1S/C20H12F2O3/c1-10-4-2-3-5-11(10)20-12-6-14(21)16(23)8-18(12)25-19-9-17(24)15(22)7-13(19)20/h2-9,23H,1H3/p-1. The van der Waals surface area contributed by atoms with E-state index in [1.165, 1.54) is 0 Å². The number of hydrogen-bond donors (Lipinski definition) is 0. The van der Waals surface area contributed by atoms with E-state index in [1.54, 1.807) is 6.07 Å². The molecule has 0 amide bonds. The molecule has 0 unspecified atom stereocenters. The Labute approximate surface area is 141 Å². The van der Waals surface area contributed by atoms with Crippen LogP contribution in [0.5, 0.6) is 5.75 Å². The molecule has 0 aromatic heterocycles. The van der Waals surface area contributed by atoms with Gasteiger partial charge in [0.2, 0.25) is 5.43 Å². The summed E-state index contributed by atoms with van der Waals surface area (Å²) >= 11 is 0. The van der Waals surface area contributed by atoms with Crippen LogP contribution in [0.1, 0.15) is 5.56 Å². The lowest BCUT2D eigenvalue weighted by Crippen LogP contribution is -2.07. The first-order chi connectivity index (χ1) is 12.0. The molecule has 25 heavy (non-hydrogen) atoms. The first kappa shape index (κ1) is 15.3. The third kappa shape index (κ3) is 2.36. The molecule has 4 rings (SSSR count). The van der Waals surface area contributed by atoms with Gasteiger partial charge in [0.05, 0.1) is 0 Å². The third-order valence-corrected chi connectivity index (χ3v) is 4.24. The largest absolute Gasteiger partial charge is 0.870 e. The minimum Gasteiger partial charge on any atom is -0.870 e. The predicted octanol–water partition coefficient (Wildman–Crippen LogP) is 4.23. The van der Waals surface area contributed by atoms with Crippen LogP contribution in [0.3, 0.4) is 0 Å². The second-order valence-electron chi connectivity index (χ2n) is 5.85. The van der Waals surface area contributed by atoms with Crippen molar-refractivity contribution in [1.82, 2.24) is 0 Å². The zero-order valence-corrected chi connectivity index (χ0v) is 13.1. The van der Waals surface area contributed by atoms with Crippen molar-refractivity contribution in [3.63, 3.8) is 0 Å². The highest BCUT2D eigenvalue weighted by Gasteiger charge is 2.20. The normalized spacial score (nSPS) is 11.3. The molecule has 0 bridgehead atoms. The lowest BCUT2D eigenvalue weighted by atomic mass is 9.91. The number of fused-ring (bicyclic) bond motifs is 2. The molecule has 0 atom stereocenters. The molecule has 1 heterocycles. The fourth-order valence-electron chi connectivity index (χ4n) is 3.04. The fourth-order valence-corrected chi connectivity index (χ4v) is 3.04. The quantitative estimate of drug-likeness (QED) is 0.489. The molecular formula is C20H11F2O3-. The molecule has 124 valence electrons. The van der Waals surface area contributed by atoms with Crippen molar-refractivity contribution < 1.29 is 18.3 Å². The molecule has 3 nitrogen and oxygen atoms in total. The van der Waals surface area contributed by atoms with Gasteiger partial charge in [0.15, 0.2) is 5.82 Å². The molecule has 5 heteroatoms. The van der Waals surface area contributed by atoms with Gasteiger partial charge in [-0.15, -0.1) is 0 Å². The van der Waals surface area contributed by atoms with Crippen molar-refractivity contribution in [1.29, 1.82) is 0 Å². The van der Waals surface area contributed by atoms with Crippen LogP contribution in [0.4, 0.5) is 8.78 Å². The second kappa shape index (κ2) is 5.41. The van der Waals surface area contributed by atoms with E-state index >= 15 is 0 Å². The Hall–Kier alpha value is -3.21. The summed E-state index contributed by atoms with van der Waals surface area (Å²) in [6.07, 6.45) is 0. The van der Waals surface area contributed by atoms with Gasteiger partial charge in [-0.25, -0.2) is 8.78 Å². The van der Waals surface area contributed by atoms with Crippen LogP contribution in [0.2, 0.25) is 0 Å². The number of aryl methyl sites for hydroxylation is 1. The highest BCUT2D eigenvalue weighted by Crippen LogP contribution is 2.42. The zero-order chi connectivity index (χ0) is 17.7. The molecule has 0 saturated heterocycles. The lowest BCUT2D eigenvalue weighted by Gasteiger charge is -2.18. The van der Waals surface area contributed by atoms with Gasteiger partial charge in [-0.05, 0) is 36.2 Å². The van der Waals surface area contributed by atoms with Crippen molar-refractivity contribution in [2.45, 2.75) is 6.92 Å². The van der Waals surface area contributed by atoms with E-state index in [0.717, 1.165) is 35.4 Å². The maximum atomic E-state index is 13.9. The molecular weight excluding hydrogens is 326 g/mol. The van der Waals surface area contributed by atoms with Gasteiger partial charge in [0.25, 0.3) is 0 Å². The Kier molecular flexibility index (Phi) is 3.32. The first-order valence-electron chi connectivity index (χ1n) is 7.58. The van der Waals surface area contributed by atoms with E-state index in [-0.39, 0.29) is 11.3 Å². The van der Waals surface area contributed by atoms with Gasteiger partial charge in [-0.1, -0.05) is 30.0 Å². The zero-order valence-electron chi connectivity index (χ0n) is 13.1.